The number of aliphatic imine (C=N–C) groups is 1. The summed E-state index contributed by atoms with van der Waals surface area (Å²) in [6.07, 6.45) is 1.68. The summed E-state index contributed by atoms with van der Waals surface area (Å²) in [6.45, 7) is 3.81. The van der Waals surface area contributed by atoms with E-state index in [1.165, 1.54) is 0 Å². The van der Waals surface area contributed by atoms with Gasteiger partial charge in [-0.1, -0.05) is 30.3 Å². The van der Waals surface area contributed by atoms with Gasteiger partial charge >= 0.3 is 0 Å². The van der Waals surface area contributed by atoms with Gasteiger partial charge in [0.05, 0.1) is 17.4 Å². The van der Waals surface area contributed by atoms with Crippen molar-refractivity contribution in [2.75, 3.05) is 19.0 Å². The smallest absolute Gasteiger partial charge is 0.258 e. The standard InChI is InChI=1S/C27H28N6O2/c1-17(2)29-25(34)16-35-21-8-6-7-18(14-21)26-31-24-10-5-4-9-22(24)27(33(26)3)30-20-11-12-23-19(13-20)15-28-32-23/h4-15,17,27,30H,16H2,1-3H3,(H,28,32)(H,29,34). The van der Waals surface area contributed by atoms with Gasteiger partial charge in [-0.15, -0.1) is 0 Å². The summed E-state index contributed by atoms with van der Waals surface area (Å²) in [7, 11) is 2.02. The summed E-state index contributed by atoms with van der Waals surface area (Å²) >= 11 is 0. The van der Waals surface area contributed by atoms with Crippen LogP contribution in [0.4, 0.5) is 11.4 Å². The van der Waals surface area contributed by atoms with Crippen molar-refractivity contribution in [3.8, 4) is 5.75 Å². The van der Waals surface area contributed by atoms with Gasteiger partial charge in [0.25, 0.3) is 5.91 Å². The normalized spacial score (nSPS) is 15.0. The molecule has 0 fully saturated rings. The highest BCUT2D eigenvalue weighted by Gasteiger charge is 2.28. The number of amidine groups is 1. The molecule has 1 aromatic heterocycles. The first-order chi connectivity index (χ1) is 17.0. The quantitative estimate of drug-likeness (QED) is 0.369. The largest absolute Gasteiger partial charge is 0.484 e. The minimum atomic E-state index is -0.148. The molecule has 4 aromatic rings. The van der Waals surface area contributed by atoms with Crippen molar-refractivity contribution in [2.24, 2.45) is 4.99 Å². The number of benzene rings is 3. The second-order valence-electron chi connectivity index (χ2n) is 8.86. The summed E-state index contributed by atoms with van der Waals surface area (Å²) in [5.41, 5.74) is 4.88. The molecule has 1 atom stereocenters. The molecule has 0 bridgehead atoms. The van der Waals surface area contributed by atoms with Gasteiger partial charge in [-0.2, -0.15) is 5.10 Å². The van der Waals surface area contributed by atoms with E-state index >= 15 is 0 Å². The van der Waals surface area contributed by atoms with Gasteiger partial charge in [0.15, 0.2) is 6.61 Å². The number of nitrogens with zero attached hydrogens (tertiary/aromatic N) is 3. The number of H-pyrrole nitrogens is 1. The number of ether oxygens (including phenoxy) is 1. The lowest BCUT2D eigenvalue weighted by Gasteiger charge is -2.36. The molecule has 0 spiro atoms. The van der Waals surface area contributed by atoms with Crippen LogP contribution in [0, 0.1) is 0 Å². The van der Waals surface area contributed by atoms with E-state index in [0.29, 0.717) is 5.75 Å². The van der Waals surface area contributed by atoms with E-state index in [-0.39, 0.29) is 24.7 Å². The highest BCUT2D eigenvalue weighted by molar-refractivity contribution is 6.02. The molecule has 0 saturated carbocycles. The van der Waals surface area contributed by atoms with Crippen LogP contribution in [0.2, 0.25) is 0 Å². The third kappa shape index (κ3) is 4.82. The summed E-state index contributed by atoms with van der Waals surface area (Å²) in [4.78, 5) is 19.1. The number of carbonyl (C=O) groups is 1. The molecular formula is C27H28N6O2. The van der Waals surface area contributed by atoms with Crippen molar-refractivity contribution in [2.45, 2.75) is 26.1 Å². The maximum absolute atomic E-state index is 12.0. The van der Waals surface area contributed by atoms with Crippen LogP contribution in [-0.2, 0) is 4.79 Å². The van der Waals surface area contributed by atoms with E-state index < -0.39 is 0 Å². The van der Waals surface area contributed by atoms with Crippen LogP contribution in [0.3, 0.4) is 0 Å². The highest BCUT2D eigenvalue weighted by atomic mass is 16.5. The fourth-order valence-electron chi connectivity index (χ4n) is 4.22. The SMILES string of the molecule is CC(C)NC(=O)COc1cccc(C2=Nc3ccccc3C(Nc3ccc4[nH]ncc4c3)N2C)c1. The van der Waals surface area contributed by atoms with Crippen molar-refractivity contribution < 1.29 is 9.53 Å². The molecule has 1 amide bonds. The zero-order valence-electron chi connectivity index (χ0n) is 19.9. The van der Waals surface area contributed by atoms with Crippen molar-refractivity contribution in [3.05, 3.63) is 84.1 Å². The Hall–Kier alpha value is -4.33. The average molecular weight is 469 g/mol. The molecular weight excluding hydrogens is 440 g/mol. The predicted molar refractivity (Wildman–Crippen MR) is 138 cm³/mol. The maximum atomic E-state index is 12.0. The lowest BCUT2D eigenvalue weighted by Crippen LogP contribution is -2.38. The Bertz CT molecular complexity index is 1390. The first-order valence-electron chi connectivity index (χ1n) is 11.6. The van der Waals surface area contributed by atoms with Crippen LogP contribution in [-0.4, -0.2) is 46.5 Å². The summed E-state index contributed by atoms with van der Waals surface area (Å²) in [5.74, 6) is 1.28. The number of aromatic amines is 1. The van der Waals surface area contributed by atoms with Crippen LogP contribution >= 0.6 is 0 Å². The summed E-state index contributed by atoms with van der Waals surface area (Å²) < 4.78 is 5.75. The minimum absolute atomic E-state index is 0.0343. The molecule has 1 aliphatic rings. The van der Waals surface area contributed by atoms with E-state index in [9.17, 15) is 4.79 Å². The summed E-state index contributed by atoms with van der Waals surface area (Å²) in [6, 6.07) is 22.0. The van der Waals surface area contributed by atoms with Gasteiger partial charge < -0.3 is 20.3 Å². The number of amides is 1. The van der Waals surface area contributed by atoms with Crippen LogP contribution < -0.4 is 15.4 Å². The van der Waals surface area contributed by atoms with Gasteiger partial charge in [0.1, 0.15) is 17.8 Å². The first-order valence-corrected chi connectivity index (χ1v) is 11.6. The molecule has 0 radical (unpaired) electrons. The van der Waals surface area contributed by atoms with Crippen molar-refractivity contribution >= 4 is 34.0 Å². The Balaban J connectivity index is 1.42. The maximum Gasteiger partial charge on any atom is 0.258 e. The van der Waals surface area contributed by atoms with Gasteiger partial charge in [-0.3, -0.25) is 9.89 Å². The number of nitrogens with one attached hydrogen (secondary N) is 3. The number of hydrogen-bond acceptors (Lipinski definition) is 6. The van der Waals surface area contributed by atoms with Gasteiger partial charge in [0.2, 0.25) is 0 Å². The molecule has 178 valence electrons. The van der Waals surface area contributed by atoms with E-state index in [2.05, 4.69) is 37.9 Å². The van der Waals surface area contributed by atoms with E-state index in [0.717, 1.165) is 39.2 Å². The second-order valence-corrected chi connectivity index (χ2v) is 8.86. The van der Waals surface area contributed by atoms with Crippen molar-refractivity contribution in [1.82, 2.24) is 20.4 Å². The van der Waals surface area contributed by atoms with Crippen molar-refractivity contribution in [1.29, 1.82) is 0 Å². The summed E-state index contributed by atoms with van der Waals surface area (Å²) in [5, 5.41) is 14.7. The zero-order chi connectivity index (χ0) is 24.4. The topological polar surface area (TPSA) is 94.6 Å². The number of carbonyl (C=O) groups excluding carboxylic acids is 1. The van der Waals surface area contributed by atoms with Crippen LogP contribution in [0.15, 0.2) is 77.9 Å². The molecule has 8 nitrogen and oxygen atoms in total. The van der Waals surface area contributed by atoms with Gasteiger partial charge in [-0.05, 0) is 50.2 Å². The van der Waals surface area contributed by atoms with E-state index in [1.807, 2.05) is 81.7 Å². The average Bonchev–Trinajstić information content (AvgIpc) is 3.32. The number of anilines is 1. The Morgan fingerprint density at radius 2 is 1.97 bits per heavy atom. The van der Waals surface area contributed by atoms with Gasteiger partial charge in [-0.25, -0.2) is 4.99 Å². The Kier molecular flexibility index (Phi) is 6.10. The molecule has 8 heteroatoms. The van der Waals surface area contributed by atoms with Crippen LogP contribution in [0.1, 0.15) is 31.1 Å². The third-order valence-electron chi connectivity index (χ3n) is 5.83. The van der Waals surface area contributed by atoms with Crippen LogP contribution in [0.5, 0.6) is 5.75 Å². The molecule has 0 aliphatic carbocycles. The van der Waals surface area contributed by atoms with E-state index in [1.54, 1.807) is 0 Å². The monoisotopic (exact) mass is 468 g/mol. The minimum Gasteiger partial charge on any atom is -0.484 e. The predicted octanol–water partition coefficient (Wildman–Crippen LogP) is 4.60. The molecule has 1 unspecified atom stereocenters. The fourth-order valence-corrected chi connectivity index (χ4v) is 4.22. The number of hydrogen-bond donors (Lipinski definition) is 3. The van der Waals surface area contributed by atoms with E-state index in [4.69, 9.17) is 9.73 Å². The number of aromatic nitrogens is 2. The van der Waals surface area contributed by atoms with Crippen molar-refractivity contribution in [3.63, 3.8) is 0 Å². The van der Waals surface area contributed by atoms with Crippen LogP contribution in [0.25, 0.3) is 10.9 Å². The molecule has 5 rings (SSSR count). The molecule has 3 N–H and O–H groups in total. The fraction of sp³-hybridized carbons (Fsp3) is 0.222. The lowest BCUT2D eigenvalue weighted by molar-refractivity contribution is -0.123. The number of rotatable bonds is 7. The first kappa shape index (κ1) is 22.5. The molecule has 1 aliphatic heterocycles. The number of para-hydroxylation sites is 1. The zero-order valence-corrected chi connectivity index (χ0v) is 19.9. The molecule has 2 heterocycles. The lowest BCUT2D eigenvalue weighted by atomic mass is 10.0. The Morgan fingerprint density at radius 3 is 2.83 bits per heavy atom. The Labute approximate surface area is 204 Å². The number of fused-ring (bicyclic) bond motifs is 2. The molecule has 35 heavy (non-hydrogen) atoms. The highest BCUT2D eigenvalue weighted by Crippen LogP contribution is 2.36. The van der Waals surface area contributed by atoms with Gasteiger partial charge in [0, 0.05) is 35.3 Å². The third-order valence-corrected chi connectivity index (χ3v) is 5.83. The molecule has 0 saturated heterocycles. The Morgan fingerprint density at radius 1 is 1.11 bits per heavy atom. The molecule has 3 aromatic carbocycles. The second kappa shape index (κ2) is 9.50.